The van der Waals surface area contributed by atoms with Crippen LogP contribution in [0, 0.1) is 0 Å². The molecule has 1 heterocycles. The Kier molecular flexibility index (Phi) is 4.03. The Labute approximate surface area is 94.7 Å². The van der Waals surface area contributed by atoms with Gasteiger partial charge in [-0.3, -0.25) is 4.79 Å². The second kappa shape index (κ2) is 5.09. The molecule has 1 aliphatic heterocycles. The smallest absolute Gasteiger partial charge is 0.228 e. The predicted octanol–water partition coefficient (Wildman–Crippen LogP) is 0.476. The first-order valence-corrected chi connectivity index (χ1v) is 6.52. The van der Waals surface area contributed by atoms with Crippen LogP contribution in [0.1, 0.15) is 12.5 Å². The van der Waals surface area contributed by atoms with E-state index in [0.717, 1.165) is 11.3 Å². The van der Waals surface area contributed by atoms with E-state index < -0.39 is 10.0 Å². The second-order valence-corrected chi connectivity index (χ2v) is 5.24. The molecular weight excluding hydrogens is 228 g/mol. The summed E-state index contributed by atoms with van der Waals surface area (Å²) in [6, 6.07) is 7.75. The third-order valence-corrected chi connectivity index (χ3v) is 2.85. The normalized spacial score (nSPS) is 13.5. The van der Waals surface area contributed by atoms with Gasteiger partial charge < -0.3 is 5.32 Å². The maximum atomic E-state index is 10.8. The molecule has 0 radical (unpaired) electrons. The fourth-order valence-electron chi connectivity index (χ4n) is 1.16. The SMILES string of the molecule is CCS(N)(=O)=O.O=C1Cc2ccccc2N1. The number of nitrogens with one attached hydrogen (secondary N) is 1. The van der Waals surface area contributed by atoms with Gasteiger partial charge in [0.2, 0.25) is 15.9 Å². The molecule has 0 spiro atoms. The van der Waals surface area contributed by atoms with E-state index in [0.29, 0.717) is 6.42 Å². The third-order valence-electron chi connectivity index (χ3n) is 2.04. The number of primary sulfonamides is 1. The van der Waals surface area contributed by atoms with Crippen LogP contribution in [0.15, 0.2) is 24.3 Å². The van der Waals surface area contributed by atoms with Crippen molar-refractivity contribution in [1.82, 2.24) is 0 Å². The average Bonchev–Trinajstić information content (AvgIpc) is 2.57. The van der Waals surface area contributed by atoms with Gasteiger partial charge in [0.1, 0.15) is 0 Å². The zero-order valence-corrected chi connectivity index (χ0v) is 9.75. The van der Waals surface area contributed by atoms with Crippen molar-refractivity contribution in [1.29, 1.82) is 0 Å². The van der Waals surface area contributed by atoms with Crippen LogP contribution in [-0.4, -0.2) is 20.1 Å². The summed E-state index contributed by atoms with van der Waals surface area (Å²) in [4.78, 5) is 10.8. The molecule has 2 rings (SSSR count). The van der Waals surface area contributed by atoms with E-state index >= 15 is 0 Å². The Bertz CT molecular complexity index is 456. The summed E-state index contributed by atoms with van der Waals surface area (Å²) in [5.74, 6) is 0.119. The number of benzene rings is 1. The molecule has 16 heavy (non-hydrogen) atoms. The standard InChI is InChI=1S/C8H7NO.C2H7NO2S/c10-8-5-6-3-1-2-4-7(6)9-8;1-2-6(3,4)5/h1-4H,5H2,(H,9,10);2H2,1H3,(H2,3,4,5). The maximum Gasteiger partial charge on any atom is 0.228 e. The highest BCUT2D eigenvalue weighted by molar-refractivity contribution is 7.89. The van der Waals surface area contributed by atoms with Crippen molar-refractivity contribution in [2.45, 2.75) is 13.3 Å². The Hall–Kier alpha value is -1.40. The number of hydrogen-bond donors (Lipinski definition) is 2. The highest BCUT2D eigenvalue weighted by Gasteiger charge is 2.15. The van der Waals surface area contributed by atoms with Crippen molar-refractivity contribution in [3.05, 3.63) is 29.8 Å². The van der Waals surface area contributed by atoms with Gasteiger partial charge in [-0.05, 0) is 18.6 Å². The molecule has 0 aromatic heterocycles. The molecule has 0 saturated carbocycles. The minimum Gasteiger partial charge on any atom is -0.326 e. The summed E-state index contributed by atoms with van der Waals surface area (Å²) >= 11 is 0. The lowest BCUT2D eigenvalue weighted by Gasteiger charge is -1.93. The first-order valence-electron chi connectivity index (χ1n) is 4.80. The number of carbonyl (C=O) groups excluding carboxylic acids is 1. The second-order valence-electron chi connectivity index (χ2n) is 3.33. The van der Waals surface area contributed by atoms with Gasteiger partial charge in [0.25, 0.3) is 0 Å². The van der Waals surface area contributed by atoms with E-state index in [1.54, 1.807) is 0 Å². The molecule has 0 unspecified atom stereocenters. The summed E-state index contributed by atoms with van der Waals surface area (Å²) in [5, 5.41) is 7.27. The molecule has 1 amide bonds. The Morgan fingerprint density at radius 2 is 1.94 bits per heavy atom. The summed E-state index contributed by atoms with van der Waals surface area (Å²) in [7, 11) is -3.16. The predicted molar refractivity (Wildman–Crippen MR) is 62.4 cm³/mol. The summed E-state index contributed by atoms with van der Waals surface area (Å²) in [6.07, 6.45) is 0.538. The lowest BCUT2D eigenvalue weighted by atomic mass is 10.2. The maximum absolute atomic E-state index is 10.8. The van der Waals surface area contributed by atoms with Gasteiger partial charge in [0, 0.05) is 5.69 Å². The highest BCUT2D eigenvalue weighted by Crippen LogP contribution is 2.20. The van der Waals surface area contributed by atoms with Gasteiger partial charge in [0.05, 0.1) is 12.2 Å². The molecule has 5 nitrogen and oxygen atoms in total. The number of carbonyl (C=O) groups is 1. The molecule has 6 heteroatoms. The Morgan fingerprint density at radius 3 is 2.44 bits per heavy atom. The fourth-order valence-corrected chi connectivity index (χ4v) is 1.16. The van der Waals surface area contributed by atoms with Crippen LogP contribution in [0.3, 0.4) is 0 Å². The van der Waals surface area contributed by atoms with Crippen LogP contribution in [0.2, 0.25) is 0 Å². The van der Waals surface area contributed by atoms with Gasteiger partial charge in [0.15, 0.2) is 0 Å². The van der Waals surface area contributed by atoms with Crippen LogP contribution in [0.5, 0.6) is 0 Å². The van der Waals surface area contributed by atoms with Crippen molar-refractivity contribution >= 4 is 21.6 Å². The molecule has 0 atom stereocenters. The molecule has 0 fully saturated rings. The quantitative estimate of drug-likeness (QED) is 0.750. The topological polar surface area (TPSA) is 89.3 Å². The largest absolute Gasteiger partial charge is 0.326 e. The van der Waals surface area contributed by atoms with Gasteiger partial charge in [-0.15, -0.1) is 0 Å². The van der Waals surface area contributed by atoms with E-state index in [9.17, 15) is 13.2 Å². The number of nitrogens with two attached hydrogens (primary N) is 1. The zero-order chi connectivity index (χ0) is 12.2. The summed E-state index contributed by atoms with van der Waals surface area (Å²) in [6.45, 7) is 1.50. The molecule has 1 aliphatic rings. The first-order chi connectivity index (χ1) is 7.42. The van der Waals surface area contributed by atoms with E-state index in [-0.39, 0.29) is 11.7 Å². The molecule has 0 saturated heterocycles. The molecule has 3 N–H and O–H groups in total. The van der Waals surface area contributed by atoms with Crippen LogP contribution in [0.4, 0.5) is 5.69 Å². The number of sulfonamides is 1. The van der Waals surface area contributed by atoms with Gasteiger partial charge in [-0.25, -0.2) is 13.6 Å². The van der Waals surface area contributed by atoms with Gasteiger partial charge in [-0.1, -0.05) is 18.2 Å². The summed E-state index contributed by atoms with van der Waals surface area (Å²) < 4.78 is 19.6. The number of hydrogen-bond acceptors (Lipinski definition) is 3. The Balaban J connectivity index is 0.000000187. The monoisotopic (exact) mass is 242 g/mol. The van der Waals surface area contributed by atoms with Crippen molar-refractivity contribution < 1.29 is 13.2 Å². The number of rotatable bonds is 1. The number of fused-ring (bicyclic) bond motifs is 1. The van der Waals surface area contributed by atoms with E-state index in [1.165, 1.54) is 6.92 Å². The average molecular weight is 242 g/mol. The van der Waals surface area contributed by atoms with E-state index in [1.807, 2.05) is 24.3 Å². The van der Waals surface area contributed by atoms with Crippen molar-refractivity contribution in [3.8, 4) is 0 Å². The van der Waals surface area contributed by atoms with Crippen molar-refractivity contribution in [2.75, 3.05) is 11.1 Å². The van der Waals surface area contributed by atoms with E-state index in [2.05, 4.69) is 10.5 Å². The molecule has 1 aromatic rings. The highest BCUT2D eigenvalue weighted by atomic mass is 32.2. The third kappa shape index (κ3) is 4.00. The van der Waals surface area contributed by atoms with Crippen LogP contribution >= 0.6 is 0 Å². The molecular formula is C10H14N2O3S. The molecule has 0 bridgehead atoms. The lowest BCUT2D eigenvalue weighted by Crippen LogP contribution is -2.13. The van der Waals surface area contributed by atoms with Crippen molar-refractivity contribution in [3.63, 3.8) is 0 Å². The first kappa shape index (κ1) is 12.7. The number of anilines is 1. The molecule has 1 aromatic carbocycles. The fraction of sp³-hybridized carbons (Fsp3) is 0.300. The van der Waals surface area contributed by atoms with Gasteiger partial charge >= 0.3 is 0 Å². The zero-order valence-electron chi connectivity index (χ0n) is 8.93. The minimum atomic E-state index is -3.16. The Morgan fingerprint density at radius 1 is 1.38 bits per heavy atom. The van der Waals surface area contributed by atoms with Crippen molar-refractivity contribution in [2.24, 2.45) is 5.14 Å². The summed E-state index contributed by atoms with van der Waals surface area (Å²) in [5.41, 5.74) is 2.07. The lowest BCUT2D eigenvalue weighted by molar-refractivity contribution is -0.115. The van der Waals surface area contributed by atoms with Gasteiger partial charge in [-0.2, -0.15) is 0 Å². The van der Waals surface area contributed by atoms with Crippen LogP contribution < -0.4 is 10.5 Å². The van der Waals surface area contributed by atoms with Crippen LogP contribution in [-0.2, 0) is 21.2 Å². The molecule has 88 valence electrons. The van der Waals surface area contributed by atoms with Crippen LogP contribution in [0.25, 0.3) is 0 Å². The van der Waals surface area contributed by atoms with E-state index in [4.69, 9.17) is 0 Å². The number of amides is 1. The number of para-hydroxylation sites is 1. The minimum absolute atomic E-state index is 0.0208. The molecule has 0 aliphatic carbocycles.